The Bertz CT molecular complexity index is 695. The molecule has 2 aromatic rings. The van der Waals surface area contributed by atoms with Crippen LogP contribution in [-0.4, -0.2) is 19.1 Å². The quantitative estimate of drug-likeness (QED) is 0.874. The fraction of sp³-hybridized carbons (Fsp3) is 0.350. The van der Waals surface area contributed by atoms with Gasteiger partial charge in [0.2, 0.25) is 0 Å². The van der Waals surface area contributed by atoms with Gasteiger partial charge in [-0.25, -0.2) is 0 Å². The SMILES string of the molecule is COc1ccc([C@H](C)NC(=O)[C@@H](C)Oc2cc(C)ccc2C)cc1. The van der Waals surface area contributed by atoms with Crippen LogP contribution in [0.4, 0.5) is 0 Å². The van der Waals surface area contributed by atoms with E-state index in [-0.39, 0.29) is 11.9 Å². The highest BCUT2D eigenvalue weighted by Gasteiger charge is 2.18. The van der Waals surface area contributed by atoms with Gasteiger partial charge >= 0.3 is 0 Å². The van der Waals surface area contributed by atoms with Gasteiger partial charge in [-0.15, -0.1) is 0 Å². The molecule has 24 heavy (non-hydrogen) atoms. The van der Waals surface area contributed by atoms with Gasteiger partial charge in [0.05, 0.1) is 13.2 Å². The van der Waals surface area contributed by atoms with Gasteiger partial charge in [-0.2, -0.15) is 0 Å². The number of rotatable bonds is 6. The molecule has 0 aromatic heterocycles. The molecule has 0 unspecified atom stereocenters. The third-order valence-electron chi connectivity index (χ3n) is 3.99. The average Bonchev–Trinajstić information content (AvgIpc) is 2.58. The first kappa shape index (κ1) is 17.9. The predicted molar refractivity (Wildman–Crippen MR) is 95.6 cm³/mol. The summed E-state index contributed by atoms with van der Waals surface area (Å²) >= 11 is 0. The highest BCUT2D eigenvalue weighted by atomic mass is 16.5. The van der Waals surface area contributed by atoms with Crippen LogP contribution >= 0.6 is 0 Å². The average molecular weight is 327 g/mol. The summed E-state index contributed by atoms with van der Waals surface area (Å²) in [6, 6.07) is 13.5. The third kappa shape index (κ3) is 4.51. The number of carbonyl (C=O) groups excluding carboxylic acids is 1. The Kier molecular flexibility index (Phi) is 5.85. The molecule has 2 atom stereocenters. The molecule has 2 aromatic carbocycles. The lowest BCUT2D eigenvalue weighted by Gasteiger charge is -2.20. The van der Waals surface area contributed by atoms with E-state index in [0.29, 0.717) is 0 Å². The smallest absolute Gasteiger partial charge is 0.261 e. The molecule has 0 saturated heterocycles. The van der Waals surface area contributed by atoms with Crippen molar-refractivity contribution in [2.24, 2.45) is 0 Å². The van der Waals surface area contributed by atoms with E-state index >= 15 is 0 Å². The molecule has 0 spiro atoms. The van der Waals surface area contributed by atoms with Gasteiger partial charge in [-0.05, 0) is 62.6 Å². The van der Waals surface area contributed by atoms with Crippen LogP contribution < -0.4 is 14.8 Å². The molecule has 1 N–H and O–H groups in total. The maximum Gasteiger partial charge on any atom is 0.261 e. The van der Waals surface area contributed by atoms with E-state index in [1.165, 1.54) is 0 Å². The Morgan fingerprint density at radius 3 is 2.33 bits per heavy atom. The van der Waals surface area contributed by atoms with Crippen molar-refractivity contribution < 1.29 is 14.3 Å². The molecule has 0 bridgehead atoms. The summed E-state index contributed by atoms with van der Waals surface area (Å²) in [7, 11) is 1.63. The fourth-order valence-electron chi connectivity index (χ4n) is 2.38. The van der Waals surface area contributed by atoms with Crippen LogP contribution in [0.15, 0.2) is 42.5 Å². The molecular weight excluding hydrogens is 302 g/mol. The number of nitrogens with one attached hydrogen (secondary N) is 1. The van der Waals surface area contributed by atoms with E-state index in [1.807, 2.05) is 63.2 Å². The van der Waals surface area contributed by atoms with Gasteiger partial charge in [0.1, 0.15) is 11.5 Å². The topological polar surface area (TPSA) is 47.6 Å². The number of hydrogen-bond donors (Lipinski definition) is 1. The molecule has 0 aliphatic rings. The zero-order chi connectivity index (χ0) is 17.7. The van der Waals surface area contributed by atoms with Gasteiger partial charge in [0.15, 0.2) is 6.10 Å². The number of amides is 1. The summed E-state index contributed by atoms with van der Waals surface area (Å²) in [6.45, 7) is 7.68. The predicted octanol–water partition coefficient (Wildman–Crippen LogP) is 3.96. The van der Waals surface area contributed by atoms with Crippen molar-refractivity contribution in [3.05, 3.63) is 59.2 Å². The van der Waals surface area contributed by atoms with Gasteiger partial charge < -0.3 is 14.8 Å². The molecule has 1 amide bonds. The van der Waals surface area contributed by atoms with Crippen LogP contribution in [0.5, 0.6) is 11.5 Å². The lowest BCUT2D eigenvalue weighted by molar-refractivity contribution is -0.127. The highest BCUT2D eigenvalue weighted by Crippen LogP contribution is 2.21. The normalized spacial score (nSPS) is 13.0. The van der Waals surface area contributed by atoms with Gasteiger partial charge in [-0.1, -0.05) is 24.3 Å². The van der Waals surface area contributed by atoms with E-state index in [0.717, 1.165) is 28.2 Å². The van der Waals surface area contributed by atoms with Crippen LogP contribution in [0.3, 0.4) is 0 Å². The molecule has 2 rings (SSSR count). The number of aryl methyl sites for hydroxylation is 2. The van der Waals surface area contributed by atoms with E-state index in [4.69, 9.17) is 9.47 Å². The first-order valence-corrected chi connectivity index (χ1v) is 8.09. The highest BCUT2D eigenvalue weighted by molar-refractivity contribution is 5.81. The van der Waals surface area contributed by atoms with Crippen molar-refractivity contribution >= 4 is 5.91 Å². The van der Waals surface area contributed by atoms with Crippen LogP contribution in [0, 0.1) is 13.8 Å². The summed E-state index contributed by atoms with van der Waals surface area (Å²) in [4.78, 5) is 12.4. The summed E-state index contributed by atoms with van der Waals surface area (Å²) in [6.07, 6.45) is -0.564. The fourth-order valence-corrected chi connectivity index (χ4v) is 2.38. The van der Waals surface area contributed by atoms with Crippen molar-refractivity contribution in [1.82, 2.24) is 5.32 Å². The number of benzene rings is 2. The first-order chi connectivity index (χ1) is 11.4. The van der Waals surface area contributed by atoms with Crippen LogP contribution in [0.25, 0.3) is 0 Å². The maximum atomic E-state index is 12.4. The Hall–Kier alpha value is -2.49. The summed E-state index contributed by atoms with van der Waals surface area (Å²) < 4.78 is 11.0. The maximum absolute atomic E-state index is 12.4. The largest absolute Gasteiger partial charge is 0.497 e. The molecule has 0 radical (unpaired) electrons. The Labute approximate surface area is 143 Å². The van der Waals surface area contributed by atoms with Crippen LogP contribution in [-0.2, 0) is 4.79 Å². The second-order valence-corrected chi connectivity index (χ2v) is 6.03. The minimum absolute atomic E-state index is 0.104. The molecule has 0 fully saturated rings. The van der Waals surface area contributed by atoms with Crippen molar-refractivity contribution in [2.75, 3.05) is 7.11 Å². The van der Waals surface area contributed by atoms with Crippen LogP contribution in [0.1, 0.15) is 36.6 Å². The van der Waals surface area contributed by atoms with Gasteiger partial charge in [0, 0.05) is 0 Å². The summed E-state index contributed by atoms with van der Waals surface area (Å²) in [5.41, 5.74) is 3.14. The standard InChI is InChI=1S/C20H25NO3/c1-13-6-7-14(2)19(12-13)24-16(4)20(22)21-15(3)17-8-10-18(23-5)11-9-17/h6-12,15-16H,1-5H3,(H,21,22)/t15-,16+/m0/s1. The monoisotopic (exact) mass is 327 g/mol. The van der Waals surface area contributed by atoms with Gasteiger partial charge in [-0.3, -0.25) is 4.79 Å². The van der Waals surface area contributed by atoms with Gasteiger partial charge in [0.25, 0.3) is 5.91 Å². The minimum atomic E-state index is -0.564. The van der Waals surface area contributed by atoms with E-state index in [9.17, 15) is 4.79 Å². The number of carbonyl (C=O) groups is 1. The second kappa shape index (κ2) is 7.86. The van der Waals surface area contributed by atoms with E-state index < -0.39 is 6.10 Å². The zero-order valence-electron chi connectivity index (χ0n) is 14.9. The minimum Gasteiger partial charge on any atom is -0.497 e. The summed E-state index contributed by atoms with van der Waals surface area (Å²) in [5, 5.41) is 2.98. The molecule has 0 saturated carbocycles. The van der Waals surface area contributed by atoms with Crippen molar-refractivity contribution in [3.8, 4) is 11.5 Å². The molecule has 0 aliphatic carbocycles. The Morgan fingerprint density at radius 2 is 1.71 bits per heavy atom. The lowest BCUT2D eigenvalue weighted by Crippen LogP contribution is -2.37. The Morgan fingerprint density at radius 1 is 1.04 bits per heavy atom. The zero-order valence-corrected chi connectivity index (χ0v) is 14.9. The van der Waals surface area contributed by atoms with Crippen molar-refractivity contribution in [2.45, 2.75) is 39.8 Å². The van der Waals surface area contributed by atoms with E-state index in [2.05, 4.69) is 5.32 Å². The second-order valence-electron chi connectivity index (χ2n) is 6.03. The summed E-state index contributed by atoms with van der Waals surface area (Å²) in [5.74, 6) is 1.40. The van der Waals surface area contributed by atoms with Crippen molar-refractivity contribution in [3.63, 3.8) is 0 Å². The molecule has 128 valence electrons. The first-order valence-electron chi connectivity index (χ1n) is 8.09. The third-order valence-corrected chi connectivity index (χ3v) is 3.99. The van der Waals surface area contributed by atoms with E-state index in [1.54, 1.807) is 14.0 Å². The van der Waals surface area contributed by atoms with Crippen LogP contribution in [0.2, 0.25) is 0 Å². The molecule has 4 nitrogen and oxygen atoms in total. The number of methoxy groups -OCH3 is 1. The number of hydrogen-bond acceptors (Lipinski definition) is 3. The Balaban J connectivity index is 1.98. The van der Waals surface area contributed by atoms with Crippen molar-refractivity contribution in [1.29, 1.82) is 0 Å². The molecule has 0 aliphatic heterocycles. The number of ether oxygens (including phenoxy) is 2. The molecule has 4 heteroatoms. The lowest BCUT2D eigenvalue weighted by atomic mass is 10.1. The molecular formula is C20H25NO3. The molecule has 0 heterocycles.